The third-order valence-electron chi connectivity index (χ3n) is 15.7. The zero-order valence-electron chi connectivity index (χ0n) is 50.5. The molecular formula is C69H131NO5. The van der Waals surface area contributed by atoms with Gasteiger partial charge in [-0.05, 0) is 83.5 Å². The van der Waals surface area contributed by atoms with E-state index >= 15 is 0 Å². The number of nitrogens with one attached hydrogen (secondary N) is 1. The van der Waals surface area contributed by atoms with Crippen LogP contribution in [0, 0.1) is 0 Å². The first-order chi connectivity index (χ1) is 37.0. The van der Waals surface area contributed by atoms with E-state index in [-0.39, 0.29) is 18.5 Å². The molecule has 0 heterocycles. The Bertz CT molecular complexity index is 1210. The van der Waals surface area contributed by atoms with Crippen LogP contribution < -0.4 is 5.32 Å². The lowest BCUT2D eigenvalue weighted by molar-refractivity contribution is -0.143. The van der Waals surface area contributed by atoms with E-state index in [1.54, 1.807) is 0 Å². The Morgan fingerprint density at radius 2 is 0.667 bits per heavy atom. The van der Waals surface area contributed by atoms with Crippen molar-refractivity contribution < 1.29 is 24.5 Å². The van der Waals surface area contributed by atoms with Gasteiger partial charge < -0.3 is 20.3 Å². The first-order valence-corrected chi connectivity index (χ1v) is 33.7. The second-order valence-corrected chi connectivity index (χ2v) is 23.1. The summed E-state index contributed by atoms with van der Waals surface area (Å²) in [5.74, 6) is -0.0306. The van der Waals surface area contributed by atoms with Crippen LogP contribution in [0.2, 0.25) is 0 Å². The molecule has 75 heavy (non-hydrogen) atoms. The van der Waals surface area contributed by atoms with Crippen molar-refractivity contribution in [1.82, 2.24) is 5.32 Å². The highest BCUT2D eigenvalue weighted by molar-refractivity contribution is 5.76. The Kier molecular flexibility index (Phi) is 63.0. The highest BCUT2D eigenvalue weighted by Crippen LogP contribution is 2.18. The number of rotatable bonds is 63. The normalized spacial score (nSPS) is 12.7. The third-order valence-corrected chi connectivity index (χ3v) is 15.7. The number of carbonyl (C=O) groups excluding carboxylic acids is 2. The number of carbonyl (C=O) groups is 2. The molecular weight excluding hydrogens is 923 g/mol. The molecule has 0 aliphatic carbocycles. The summed E-state index contributed by atoms with van der Waals surface area (Å²) in [7, 11) is 0. The number of ether oxygens (including phenoxy) is 1. The minimum absolute atomic E-state index is 0.00293. The smallest absolute Gasteiger partial charge is 0.305 e. The lowest BCUT2D eigenvalue weighted by atomic mass is 10.0. The Morgan fingerprint density at radius 3 is 1.04 bits per heavy atom. The zero-order chi connectivity index (χ0) is 54.3. The molecule has 0 saturated heterocycles. The fraction of sp³-hybridized carbons (Fsp3) is 0.884. The summed E-state index contributed by atoms with van der Waals surface area (Å²) in [6.07, 6.45) is 81.8. The topological polar surface area (TPSA) is 95.9 Å². The monoisotopic (exact) mass is 1050 g/mol. The third kappa shape index (κ3) is 61.2. The molecule has 0 aromatic heterocycles. The molecule has 0 aromatic carbocycles. The highest BCUT2D eigenvalue weighted by Gasteiger charge is 2.20. The summed E-state index contributed by atoms with van der Waals surface area (Å²) in [6.45, 7) is 4.95. The number of allylic oxidation sites excluding steroid dienone is 6. The van der Waals surface area contributed by atoms with E-state index in [2.05, 4.69) is 55.6 Å². The van der Waals surface area contributed by atoms with Gasteiger partial charge in [0.25, 0.3) is 0 Å². The zero-order valence-corrected chi connectivity index (χ0v) is 50.5. The number of hydrogen-bond donors (Lipinski definition) is 3. The Hall–Kier alpha value is -1.92. The number of aliphatic hydroxyl groups is 2. The van der Waals surface area contributed by atoms with Gasteiger partial charge in [0.15, 0.2) is 0 Å². The largest absolute Gasteiger partial charge is 0.466 e. The van der Waals surface area contributed by atoms with Gasteiger partial charge in [-0.1, -0.05) is 307 Å². The molecule has 0 spiro atoms. The van der Waals surface area contributed by atoms with Gasteiger partial charge >= 0.3 is 5.97 Å². The second-order valence-electron chi connectivity index (χ2n) is 23.1. The molecule has 0 aliphatic heterocycles. The van der Waals surface area contributed by atoms with E-state index in [1.165, 1.54) is 283 Å². The van der Waals surface area contributed by atoms with Crippen LogP contribution in [-0.2, 0) is 14.3 Å². The Balaban J connectivity index is 3.41. The summed E-state index contributed by atoms with van der Waals surface area (Å²) in [6, 6.07) is -0.542. The molecule has 0 saturated carbocycles. The van der Waals surface area contributed by atoms with Crippen LogP contribution in [0.1, 0.15) is 367 Å². The molecule has 6 nitrogen and oxygen atoms in total. The molecule has 2 unspecified atom stereocenters. The van der Waals surface area contributed by atoms with Crippen molar-refractivity contribution in [2.24, 2.45) is 0 Å². The van der Waals surface area contributed by atoms with Gasteiger partial charge in [-0.25, -0.2) is 0 Å². The first-order valence-electron chi connectivity index (χ1n) is 33.7. The van der Waals surface area contributed by atoms with Crippen molar-refractivity contribution in [2.75, 3.05) is 13.2 Å². The van der Waals surface area contributed by atoms with Crippen molar-refractivity contribution in [3.63, 3.8) is 0 Å². The van der Waals surface area contributed by atoms with E-state index in [9.17, 15) is 19.8 Å². The van der Waals surface area contributed by atoms with Crippen molar-refractivity contribution in [2.45, 2.75) is 379 Å². The molecule has 0 aromatic rings. The van der Waals surface area contributed by atoms with Crippen LogP contribution in [0.15, 0.2) is 36.5 Å². The molecule has 2 atom stereocenters. The Labute approximate surface area is 468 Å². The lowest BCUT2D eigenvalue weighted by Gasteiger charge is -2.22. The van der Waals surface area contributed by atoms with Gasteiger partial charge in [0, 0.05) is 12.8 Å². The predicted octanol–water partition coefficient (Wildman–Crippen LogP) is 21.5. The maximum absolute atomic E-state index is 12.5. The van der Waals surface area contributed by atoms with Crippen molar-refractivity contribution in [3.8, 4) is 0 Å². The maximum Gasteiger partial charge on any atom is 0.305 e. The number of hydrogen-bond acceptors (Lipinski definition) is 5. The lowest BCUT2D eigenvalue weighted by Crippen LogP contribution is -2.45. The van der Waals surface area contributed by atoms with Crippen LogP contribution in [0.3, 0.4) is 0 Å². The molecule has 1 amide bonds. The number of amides is 1. The molecule has 0 radical (unpaired) electrons. The molecule has 3 N–H and O–H groups in total. The molecule has 6 heteroatoms. The SMILES string of the molecule is CCCCCC/C=C\CCCCCCCC(=O)OCCCCCCCCCCC/C=C\C/C=C\CCCCCCCCCCCCCCCC(=O)NC(CO)C(O)CCCCCCCCCCCCCCCCCC. The maximum atomic E-state index is 12.5. The predicted molar refractivity (Wildman–Crippen MR) is 329 cm³/mol. The fourth-order valence-electron chi connectivity index (χ4n) is 10.5. The molecule has 0 fully saturated rings. The molecule has 0 aliphatic rings. The second kappa shape index (κ2) is 64.6. The number of unbranched alkanes of at least 4 members (excludes halogenated alkanes) is 46. The minimum Gasteiger partial charge on any atom is -0.466 e. The van der Waals surface area contributed by atoms with Gasteiger partial charge in [-0.2, -0.15) is 0 Å². The van der Waals surface area contributed by atoms with Gasteiger partial charge in [-0.3, -0.25) is 9.59 Å². The quantitative estimate of drug-likeness (QED) is 0.0320. The van der Waals surface area contributed by atoms with Crippen LogP contribution >= 0.6 is 0 Å². The van der Waals surface area contributed by atoms with Crippen LogP contribution in [0.25, 0.3) is 0 Å². The summed E-state index contributed by atoms with van der Waals surface area (Å²) < 4.78 is 5.47. The van der Waals surface area contributed by atoms with Crippen molar-refractivity contribution in [1.29, 1.82) is 0 Å². The van der Waals surface area contributed by atoms with Gasteiger partial charge in [0.2, 0.25) is 5.91 Å². The van der Waals surface area contributed by atoms with Gasteiger partial charge in [0.1, 0.15) is 0 Å². The average Bonchev–Trinajstić information content (AvgIpc) is 3.41. The van der Waals surface area contributed by atoms with Crippen LogP contribution in [0.4, 0.5) is 0 Å². The van der Waals surface area contributed by atoms with Crippen molar-refractivity contribution in [3.05, 3.63) is 36.5 Å². The van der Waals surface area contributed by atoms with Gasteiger partial charge in [-0.15, -0.1) is 0 Å². The number of aliphatic hydroxyl groups excluding tert-OH is 2. The summed E-state index contributed by atoms with van der Waals surface area (Å²) in [5, 5.41) is 23.3. The molecule has 0 bridgehead atoms. The minimum atomic E-state index is -0.665. The Morgan fingerprint density at radius 1 is 0.373 bits per heavy atom. The molecule has 442 valence electrons. The molecule has 0 rings (SSSR count). The van der Waals surface area contributed by atoms with Crippen LogP contribution in [0.5, 0.6) is 0 Å². The summed E-state index contributed by atoms with van der Waals surface area (Å²) in [4.78, 5) is 24.5. The van der Waals surface area contributed by atoms with Gasteiger partial charge in [0.05, 0.1) is 25.4 Å². The average molecular weight is 1050 g/mol. The van der Waals surface area contributed by atoms with Crippen molar-refractivity contribution >= 4 is 11.9 Å². The summed E-state index contributed by atoms with van der Waals surface area (Å²) in [5.41, 5.74) is 0. The standard InChI is InChI=1S/C69H131NO5/c1-3-5-7-9-11-13-15-17-18-34-38-41-45-49-53-57-61-67(72)66(65-71)70-68(73)62-58-54-50-46-42-39-35-32-30-28-26-24-22-20-19-21-23-25-27-29-31-33-36-40-44-48-52-56-60-64-75-69(74)63-59-55-51-47-43-37-16-14-12-10-8-6-4-2/h14,16,19,21,25,27,66-67,71-72H,3-13,15,17-18,20,22-24,26,28-65H2,1-2H3,(H,70,73)/b16-14-,21-19-,27-25-. The first kappa shape index (κ1) is 73.1. The van der Waals surface area contributed by atoms with Crippen LogP contribution in [-0.4, -0.2) is 47.4 Å². The van der Waals surface area contributed by atoms with E-state index < -0.39 is 12.1 Å². The fourth-order valence-corrected chi connectivity index (χ4v) is 10.5. The highest BCUT2D eigenvalue weighted by atomic mass is 16.5. The number of esters is 1. The van der Waals surface area contributed by atoms with E-state index in [1.807, 2.05) is 0 Å². The summed E-state index contributed by atoms with van der Waals surface area (Å²) >= 11 is 0. The van der Waals surface area contributed by atoms with E-state index in [4.69, 9.17) is 4.74 Å². The van der Waals surface area contributed by atoms with E-state index in [0.29, 0.717) is 25.9 Å². The van der Waals surface area contributed by atoms with E-state index in [0.717, 1.165) is 51.4 Å².